The molecule has 0 aliphatic carbocycles. The van der Waals surface area contributed by atoms with Crippen molar-refractivity contribution in [1.29, 1.82) is 0 Å². The van der Waals surface area contributed by atoms with E-state index in [4.69, 9.17) is 5.73 Å². The van der Waals surface area contributed by atoms with Gasteiger partial charge in [0, 0.05) is 18.7 Å². The second-order valence-electron chi connectivity index (χ2n) is 5.25. The molecule has 2 N–H and O–H groups in total. The van der Waals surface area contributed by atoms with Crippen LogP contribution in [0.3, 0.4) is 0 Å². The number of nitrogen functional groups attached to an aromatic ring is 1. The van der Waals surface area contributed by atoms with Gasteiger partial charge in [-0.25, -0.2) is 4.98 Å². The number of fused-ring (bicyclic) bond motifs is 1. The Morgan fingerprint density at radius 3 is 2.79 bits per heavy atom. The molecule has 0 unspecified atom stereocenters. The SMILES string of the molecule is Cc1cc(-c2cnc(N)cn2)cc2c1CCN(C)C2. The molecular formula is C15H18N4. The zero-order valence-corrected chi connectivity index (χ0v) is 11.3. The molecule has 98 valence electrons. The van der Waals surface area contributed by atoms with E-state index >= 15 is 0 Å². The summed E-state index contributed by atoms with van der Waals surface area (Å²) in [7, 11) is 2.16. The van der Waals surface area contributed by atoms with Crippen LogP contribution in [0.2, 0.25) is 0 Å². The van der Waals surface area contributed by atoms with E-state index in [0.29, 0.717) is 5.82 Å². The summed E-state index contributed by atoms with van der Waals surface area (Å²) in [5, 5.41) is 0. The maximum atomic E-state index is 5.58. The zero-order chi connectivity index (χ0) is 13.4. The molecule has 0 atom stereocenters. The van der Waals surface area contributed by atoms with E-state index in [0.717, 1.165) is 30.8 Å². The van der Waals surface area contributed by atoms with E-state index in [1.807, 2.05) is 0 Å². The Morgan fingerprint density at radius 1 is 1.21 bits per heavy atom. The number of anilines is 1. The number of hydrogen-bond acceptors (Lipinski definition) is 4. The highest BCUT2D eigenvalue weighted by atomic mass is 15.1. The first-order valence-corrected chi connectivity index (χ1v) is 6.52. The van der Waals surface area contributed by atoms with Gasteiger partial charge >= 0.3 is 0 Å². The molecule has 0 fully saturated rings. The van der Waals surface area contributed by atoms with Crippen LogP contribution in [0.25, 0.3) is 11.3 Å². The van der Waals surface area contributed by atoms with Crippen LogP contribution in [0.4, 0.5) is 5.82 Å². The van der Waals surface area contributed by atoms with Crippen LogP contribution in [-0.4, -0.2) is 28.5 Å². The molecule has 0 bridgehead atoms. The van der Waals surface area contributed by atoms with Crippen LogP contribution in [0, 0.1) is 6.92 Å². The second kappa shape index (κ2) is 4.63. The van der Waals surface area contributed by atoms with Crippen LogP contribution in [0.5, 0.6) is 0 Å². The molecule has 2 aromatic rings. The fraction of sp³-hybridized carbons (Fsp3) is 0.333. The maximum Gasteiger partial charge on any atom is 0.141 e. The van der Waals surface area contributed by atoms with Gasteiger partial charge in [-0.2, -0.15) is 0 Å². The first kappa shape index (κ1) is 12.1. The fourth-order valence-electron chi connectivity index (χ4n) is 2.70. The third kappa shape index (κ3) is 2.31. The molecule has 0 spiro atoms. The van der Waals surface area contributed by atoms with Gasteiger partial charge < -0.3 is 10.6 Å². The zero-order valence-electron chi connectivity index (χ0n) is 11.3. The molecular weight excluding hydrogens is 236 g/mol. The molecule has 1 aromatic heterocycles. The summed E-state index contributed by atoms with van der Waals surface area (Å²) in [6.07, 6.45) is 4.48. The Morgan fingerprint density at radius 2 is 2.05 bits per heavy atom. The van der Waals surface area contributed by atoms with Crippen molar-refractivity contribution in [3.05, 3.63) is 41.2 Å². The molecule has 0 radical (unpaired) electrons. The summed E-state index contributed by atoms with van der Waals surface area (Å²) in [6, 6.07) is 4.43. The molecule has 4 heteroatoms. The number of nitrogens with zero attached hydrogens (tertiary/aromatic N) is 3. The molecule has 0 saturated heterocycles. The van der Waals surface area contributed by atoms with Gasteiger partial charge in [0.1, 0.15) is 5.82 Å². The number of aryl methyl sites for hydroxylation is 1. The minimum atomic E-state index is 0.457. The average molecular weight is 254 g/mol. The summed E-state index contributed by atoms with van der Waals surface area (Å²) in [5.41, 5.74) is 11.8. The first-order chi connectivity index (χ1) is 9.13. The highest BCUT2D eigenvalue weighted by Gasteiger charge is 2.16. The van der Waals surface area contributed by atoms with Gasteiger partial charge in [0.2, 0.25) is 0 Å². The van der Waals surface area contributed by atoms with Crippen molar-refractivity contribution in [1.82, 2.24) is 14.9 Å². The Labute approximate surface area is 113 Å². The normalized spacial score (nSPS) is 15.3. The van der Waals surface area contributed by atoms with Gasteiger partial charge in [-0.05, 0) is 49.2 Å². The second-order valence-corrected chi connectivity index (χ2v) is 5.25. The van der Waals surface area contributed by atoms with Crippen LogP contribution in [-0.2, 0) is 13.0 Å². The molecule has 2 heterocycles. The lowest BCUT2D eigenvalue weighted by atomic mass is 9.92. The summed E-state index contributed by atoms with van der Waals surface area (Å²) >= 11 is 0. The van der Waals surface area contributed by atoms with Gasteiger partial charge in [-0.1, -0.05) is 0 Å². The lowest BCUT2D eigenvalue weighted by molar-refractivity contribution is 0.312. The van der Waals surface area contributed by atoms with Gasteiger partial charge in [-0.15, -0.1) is 0 Å². The highest BCUT2D eigenvalue weighted by Crippen LogP contribution is 2.27. The molecule has 3 rings (SSSR count). The topological polar surface area (TPSA) is 55.0 Å². The minimum absolute atomic E-state index is 0.457. The predicted octanol–water partition coefficient (Wildman–Crippen LogP) is 2.02. The maximum absolute atomic E-state index is 5.58. The van der Waals surface area contributed by atoms with Crippen molar-refractivity contribution in [2.45, 2.75) is 19.9 Å². The largest absolute Gasteiger partial charge is 0.382 e. The van der Waals surface area contributed by atoms with Gasteiger partial charge in [0.15, 0.2) is 0 Å². The lowest BCUT2D eigenvalue weighted by Gasteiger charge is -2.27. The number of nitrogens with two attached hydrogens (primary N) is 1. The summed E-state index contributed by atoms with van der Waals surface area (Å²) < 4.78 is 0. The Kier molecular flexibility index (Phi) is 2.95. The predicted molar refractivity (Wildman–Crippen MR) is 76.7 cm³/mol. The molecule has 19 heavy (non-hydrogen) atoms. The van der Waals surface area contributed by atoms with E-state index < -0.39 is 0 Å². The first-order valence-electron chi connectivity index (χ1n) is 6.52. The Bertz CT molecular complexity index is 604. The number of aromatic nitrogens is 2. The summed E-state index contributed by atoms with van der Waals surface area (Å²) in [4.78, 5) is 10.8. The smallest absolute Gasteiger partial charge is 0.141 e. The van der Waals surface area contributed by atoms with Crippen LogP contribution in [0.1, 0.15) is 16.7 Å². The average Bonchev–Trinajstić information content (AvgIpc) is 2.38. The lowest BCUT2D eigenvalue weighted by Crippen LogP contribution is -2.27. The Hall–Kier alpha value is -1.94. The fourth-order valence-corrected chi connectivity index (χ4v) is 2.70. The van der Waals surface area contributed by atoms with Gasteiger partial charge in [0.25, 0.3) is 0 Å². The number of benzene rings is 1. The quantitative estimate of drug-likeness (QED) is 0.846. The Balaban J connectivity index is 2.06. The van der Waals surface area contributed by atoms with Crippen molar-refractivity contribution in [3.63, 3.8) is 0 Å². The third-order valence-electron chi connectivity index (χ3n) is 3.72. The minimum Gasteiger partial charge on any atom is -0.382 e. The van der Waals surface area contributed by atoms with Crippen molar-refractivity contribution in [3.8, 4) is 11.3 Å². The van der Waals surface area contributed by atoms with Gasteiger partial charge in [-0.3, -0.25) is 4.98 Å². The van der Waals surface area contributed by atoms with Crippen molar-refractivity contribution >= 4 is 5.82 Å². The number of likely N-dealkylation sites (N-methyl/N-ethyl adjacent to an activating group) is 1. The van der Waals surface area contributed by atoms with Crippen LogP contribution >= 0.6 is 0 Å². The third-order valence-corrected chi connectivity index (χ3v) is 3.72. The van der Waals surface area contributed by atoms with E-state index in [9.17, 15) is 0 Å². The standard InChI is InChI=1S/C15H18N4/c1-10-5-11(14-7-18-15(16)8-17-14)6-12-9-19(2)4-3-13(10)12/h5-8H,3-4,9H2,1-2H3,(H2,16,18). The van der Waals surface area contributed by atoms with Crippen LogP contribution in [0.15, 0.2) is 24.5 Å². The molecule has 1 aliphatic heterocycles. The van der Waals surface area contributed by atoms with Crippen molar-refractivity contribution < 1.29 is 0 Å². The number of rotatable bonds is 1. The molecule has 4 nitrogen and oxygen atoms in total. The molecule has 0 amide bonds. The highest BCUT2D eigenvalue weighted by molar-refractivity contribution is 5.62. The van der Waals surface area contributed by atoms with Crippen LogP contribution < -0.4 is 5.73 Å². The van der Waals surface area contributed by atoms with E-state index in [1.54, 1.807) is 12.4 Å². The molecule has 1 aliphatic rings. The van der Waals surface area contributed by atoms with Gasteiger partial charge in [0.05, 0.1) is 18.1 Å². The van der Waals surface area contributed by atoms with Crippen molar-refractivity contribution in [2.75, 3.05) is 19.3 Å². The monoisotopic (exact) mass is 254 g/mol. The van der Waals surface area contributed by atoms with E-state index in [-0.39, 0.29) is 0 Å². The molecule has 0 saturated carbocycles. The summed E-state index contributed by atoms with van der Waals surface area (Å²) in [5.74, 6) is 0.457. The number of hydrogen-bond donors (Lipinski definition) is 1. The summed E-state index contributed by atoms with van der Waals surface area (Å²) in [6.45, 7) is 4.32. The molecule has 1 aromatic carbocycles. The van der Waals surface area contributed by atoms with Crippen molar-refractivity contribution in [2.24, 2.45) is 0 Å². The van der Waals surface area contributed by atoms with E-state index in [1.165, 1.54) is 16.7 Å². The van der Waals surface area contributed by atoms with E-state index in [2.05, 4.69) is 41.0 Å².